The molecular formula is C14H28N2. The standard InChI is InChI=1S/C14H28N2/c1-13-7-3-2-6-11-16(13)12-10-15-14-8-4-5-9-14/h13-15H,2-12H2,1H3. The molecule has 2 aliphatic rings. The van der Waals surface area contributed by atoms with Crippen molar-refractivity contribution in [1.82, 2.24) is 10.2 Å². The van der Waals surface area contributed by atoms with Crippen LogP contribution in [0.25, 0.3) is 0 Å². The Hall–Kier alpha value is -0.0800. The zero-order valence-electron chi connectivity index (χ0n) is 10.9. The molecule has 2 nitrogen and oxygen atoms in total. The van der Waals surface area contributed by atoms with Crippen LogP contribution in [0.4, 0.5) is 0 Å². The molecule has 16 heavy (non-hydrogen) atoms. The van der Waals surface area contributed by atoms with E-state index in [2.05, 4.69) is 17.1 Å². The summed E-state index contributed by atoms with van der Waals surface area (Å²) in [5, 5.41) is 3.73. The van der Waals surface area contributed by atoms with Gasteiger partial charge in [-0.3, -0.25) is 4.90 Å². The van der Waals surface area contributed by atoms with E-state index < -0.39 is 0 Å². The van der Waals surface area contributed by atoms with E-state index in [1.165, 1.54) is 71.0 Å². The van der Waals surface area contributed by atoms with Crippen LogP contribution in [0.2, 0.25) is 0 Å². The van der Waals surface area contributed by atoms with Gasteiger partial charge in [0.25, 0.3) is 0 Å². The molecule has 1 aliphatic heterocycles. The summed E-state index contributed by atoms with van der Waals surface area (Å²) in [4.78, 5) is 2.69. The fourth-order valence-corrected chi connectivity index (χ4v) is 3.21. The van der Waals surface area contributed by atoms with Crippen molar-refractivity contribution < 1.29 is 0 Å². The smallest absolute Gasteiger partial charge is 0.0110 e. The molecule has 1 atom stereocenters. The zero-order chi connectivity index (χ0) is 11.2. The second-order valence-corrected chi connectivity index (χ2v) is 5.67. The first kappa shape index (κ1) is 12.4. The largest absolute Gasteiger partial charge is 0.313 e. The van der Waals surface area contributed by atoms with Gasteiger partial charge in [0.1, 0.15) is 0 Å². The third-order valence-corrected chi connectivity index (χ3v) is 4.38. The van der Waals surface area contributed by atoms with Crippen molar-refractivity contribution in [3.63, 3.8) is 0 Å². The molecule has 1 saturated heterocycles. The quantitative estimate of drug-likeness (QED) is 0.790. The van der Waals surface area contributed by atoms with E-state index in [-0.39, 0.29) is 0 Å². The third-order valence-electron chi connectivity index (χ3n) is 4.38. The molecule has 2 rings (SSSR count). The van der Waals surface area contributed by atoms with E-state index in [0.29, 0.717) is 0 Å². The van der Waals surface area contributed by atoms with Crippen molar-refractivity contribution in [3.8, 4) is 0 Å². The van der Waals surface area contributed by atoms with Crippen LogP contribution in [0.15, 0.2) is 0 Å². The maximum absolute atomic E-state index is 3.73. The highest BCUT2D eigenvalue weighted by Gasteiger charge is 2.17. The number of nitrogens with one attached hydrogen (secondary N) is 1. The van der Waals surface area contributed by atoms with E-state index in [0.717, 1.165) is 12.1 Å². The molecule has 1 heterocycles. The molecule has 0 amide bonds. The molecule has 1 aliphatic carbocycles. The lowest BCUT2D eigenvalue weighted by atomic mass is 10.1. The van der Waals surface area contributed by atoms with Gasteiger partial charge in [0.15, 0.2) is 0 Å². The topological polar surface area (TPSA) is 15.3 Å². The van der Waals surface area contributed by atoms with Gasteiger partial charge < -0.3 is 5.32 Å². The molecule has 2 fully saturated rings. The molecule has 0 radical (unpaired) electrons. The molecule has 1 N–H and O–H groups in total. The first-order valence-electron chi connectivity index (χ1n) is 7.33. The highest BCUT2D eigenvalue weighted by atomic mass is 15.2. The summed E-state index contributed by atoms with van der Waals surface area (Å²) in [6.07, 6.45) is 11.4. The van der Waals surface area contributed by atoms with Crippen LogP contribution >= 0.6 is 0 Å². The minimum atomic E-state index is 0.813. The van der Waals surface area contributed by atoms with Crippen LogP contribution in [0.5, 0.6) is 0 Å². The minimum absolute atomic E-state index is 0.813. The van der Waals surface area contributed by atoms with Crippen molar-refractivity contribution in [1.29, 1.82) is 0 Å². The Labute approximate surface area is 101 Å². The molecular weight excluding hydrogens is 196 g/mol. The van der Waals surface area contributed by atoms with Gasteiger partial charge in [-0.05, 0) is 39.2 Å². The van der Waals surface area contributed by atoms with Crippen LogP contribution in [0.3, 0.4) is 0 Å². The Morgan fingerprint density at radius 2 is 1.75 bits per heavy atom. The maximum Gasteiger partial charge on any atom is 0.0110 e. The Balaban J connectivity index is 1.63. The van der Waals surface area contributed by atoms with Gasteiger partial charge >= 0.3 is 0 Å². The molecule has 0 aromatic rings. The van der Waals surface area contributed by atoms with Gasteiger partial charge in [0, 0.05) is 25.2 Å². The molecule has 94 valence electrons. The fraction of sp³-hybridized carbons (Fsp3) is 1.00. The average molecular weight is 224 g/mol. The molecule has 0 aromatic heterocycles. The molecule has 0 aromatic carbocycles. The predicted octanol–water partition coefficient (Wildman–Crippen LogP) is 2.78. The summed E-state index contributed by atoms with van der Waals surface area (Å²) in [5.74, 6) is 0. The van der Waals surface area contributed by atoms with Gasteiger partial charge in [-0.15, -0.1) is 0 Å². The Kier molecular flexibility index (Phi) is 5.11. The van der Waals surface area contributed by atoms with Crippen LogP contribution in [0.1, 0.15) is 58.3 Å². The number of hydrogen-bond donors (Lipinski definition) is 1. The van der Waals surface area contributed by atoms with E-state index in [4.69, 9.17) is 0 Å². The molecule has 0 spiro atoms. The fourth-order valence-electron chi connectivity index (χ4n) is 3.21. The highest BCUT2D eigenvalue weighted by molar-refractivity contribution is 4.76. The first-order chi connectivity index (χ1) is 7.86. The van der Waals surface area contributed by atoms with Crippen LogP contribution in [0, 0.1) is 0 Å². The third kappa shape index (κ3) is 3.74. The Morgan fingerprint density at radius 3 is 2.56 bits per heavy atom. The van der Waals surface area contributed by atoms with Crippen molar-refractivity contribution in [2.24, 2.45) is 0 Å². The van der Waals surface area contributed by atoms with E-state index in [9.17, 15) is 0 Å². The summed E-state index contributed by atoms with van der Waals surface area (Å²) in [5.41, 5.74) is 0. The van der Waals surface area contributed by atoms with Gasteiger partial charge in [-0.25, -0.2) is 0 Å². The second kappa shape index (κ2) is 6.61. The van der Waals surface area contributed by atoms with Crippen LogP contribution < -0.4 is 5.32 Å². The van der Waals surface area contributed by atoms with Gasteiger partial charge in [-0.2, -0.15) is 0 Å². The van der Waals surface area contributed by atoms with Gasteiger partial charge in [0.05, 0.1) is 0 Å². The van der Waals surface area contributed by atoms with Crippen molar-refractivity contribution in [3.05, 3.63) is 0 Å². The number of hydrogen-bond acceptors (Lipinski definition) is 2. The van der Waals surface area contributed by atoms with Gasteiger partial charge in [0.2, 0.25) is 0 Å². The lowest BCUT2D eigenvalue weighted by Crippen LogP contribution is -2.40. The summed E-state index contributed by atoms with van der Waals surface area (Å²) >= 11 is 0. The van der Waals surface area contributed by atoms with Crippen molar-refractivity contribution in [2.45, 2.75) is 70.4 Å². The maximum atomic E-state index is 3.73. The number of rotatable bonds is 4. The number of likely N-dealkylation sites (tertiary alicyclic amines) is 1. The molecule has 2 heteroatoms. The van der Waals surface area contributed by atoms with Crippen molar-refractivity contribution in [2.75, 3.05) is 19.6 Å². The highest BCUT2D eigenvalue weighted by Crippen LogP contribution is 2.18. The lowest BCUT2D eigenvalue weighted by molar-refractivity contribution is 0.211. The van der Waals surface area contributed by atoms with E-state index in [1.54, 1.807) is 0 Å². The lowest BCUT2D eigenvalue weighted by Gasteiger charge is -2.27. The van der Waals surface area contributed by atoms with E-state index >= 15 is 0 Å². The zero-order valence-corrected chi connectivity index (χ0v) is 10.9. The monoisotopic (exact) mass is 224 g/mol. The molecule has 1 unspecified atom stereocenters. The van der Waals surface area contributed by atoms with Crippen LogP contribution in [-0.4, -0.2) is 36.6 Å². The summed E-state index contributed by atoms with van der Waals surface area (Å²) in [6, 6.07) is 1.65. The van der Waals surface area contributed by atoms with Crippen molar-refractivity contribution >= 4 is 0 Å². The normalized spacial score (nSPS) is 29.4. The number of nitrogens with zero attached hydrogens (tertiary/aromatic N) is 1. The summed E-state index contributed by atoms with van der Waals surface area (Å²) in [7, 11) is 0. The molecule has 1 saturated carbocycles. The second-order valence-electron chi connectivity index (χ2n) is 5.67. The van der Waals surface area contributed by atoms with E-state index in [1.807, 2.05) is 0 Å². The van der Waals surface area contributed by atoms with Crippen LogP contribution in [-0.2, 0) is 0 Å². The minimum Gasteiger partial charge on any atom is -0.313 e. The molecule has 0 bridgehead atoms. The SMILES string of the molecule is CC1CCCCCN1CCNC1CCCC1. The predicted molar refractivity (Wildman–Crippen MR) is 69.8 cm³/mol. The average Bonchev–Trinajstić information content (AvgIpc) is 2.71. The Bertz CT molecular complexity index is 187. The Morgan fingerprint density at radius 1 is 1.00 bits per heavy atom. The van der Waals surface area contributed by atoms with Gasteiger partial charge in [-0.1, -0.05) is 25.7 Å². The first-order valence-corrected chi connectivity index (χ1v) is 7.33. The summed E-state index contributed by atoms with van der Waals surface area (Å²) < 4.78 is 0. The summed E-state index contributed by atoms with van der Waals surface area (Å²) in [6.45, 7) is 6.20.